The molecule has 0 radical (unpaired) electrons. The topological polar surface area (TPSA) is 9.23 Å². The van der Waals surface area contributed by atoms with Gasteiger partial charge in [-0.2, -0.15) is 0 Å². The van der Waals surface area contributed by atoms with Gasteiger partial charge in [0.1, 0.15) is 18.2 Å². The summed E-state index contributed by atoms with van der Waals surface area (Å²) < 4.78 is 20.0. The van der Waals surface area contributed by atoms with Crippen LogP contribution in [0.15, 0.2) is 34.8 Å². The lowest BCUT2D eigenvalue weighted by Crippen LogP contribution is -1.99. The summed E-state index contributed by atoms with van der Waals surface area (Å²) >= 11 is 9.31. The highest BCUT2D eigenvalue weighted by molar-refractivity contribution is 9.10. The molecule has 19 heavy (non-hydrogen) atoms. The van der Waals surface area contributed by atoms with E-state index in [1.54, 1.807) is 12.1 Å². The molecule has 0 aliphatic heterocycles. The van der Waals surface area contributed by atoms with Crippen molar-refractivity contribution < 1.29 is 9.13 Å². The highest BCUT2D eigenvalue weighted by Gasteiger charge is 2.06. The van der Waals surface area contributed by atoms with Crippen LogP contribution in [-0.4, -0.2) is 0 Å². The van der Waals surface area contributed by atoms with E-state index in [1.807, 2.05) is 26.0 Å². The van der Waals surface area contributed by atoms with E-state index in [9.17, 15) is 4.39 Å². The van der Waals surface area contributed by atoms with Crippen LogP contribution in [0.25, 0.3) is 0 Å². The number of aryl methyl sites for hydroxylation is 2. The van der Waals surface area contributed by atoms with Gasteiger partial charge in [-0.25, -0.2) is 4.39 Å². The first kappa shape index (κ1) is 14.4. The molecule has 0 amide bonds. The molecule has 0 aromatic heterocycles. The number of ether oxygens (including phenoxy) is 1. The van der Waals surface area contributed by atoms with Crippen LogP contribution in [0, 0.1) is 19.7 Å². The second kappa shape index (κ2) is 5.93. The van der Waals surface area contributed by atoms with Gasteiger partial charge >= 0.3 is 0 Å². The van der Waals surface area contributed by atoms with Gasteiger partial charge < -0.3 is 4.74 Å². The van der Waals surface area contributed by atoms with Gasteiger partial charge in [0.05, 0.1) is 0 Å². The third-order valence-corrected chi connectivity index (χ3v) is 3.91. The zero-order chi connectivity index (χ0) is 14.0. The van der Waals surface area contributed by atoms with Crippen LogP contribution in [0.4, 0.5) is 4.39 Å². The smallest absolute Gasteiger partial charge is 0.130 e. The molecule has 0 saturated carbocycles. The van der Waals surface area contributed by atoms with Crippen molar-refractivity contribution in [2.75, 3.05) is 0 Å². The molecular weight excluding hydrogens is 331 g/mol. The standard InChI is InChI=1S/C15H13BrClFO/c1-9-5-13(6-10(2)15(9)17)19-8-11-3-4-12(16)7-14(11)18/h3-7H,8H2,1-2H3. The number of hydrogen-bond acceptors (Lipinski definition) is 1. The van der Waals surface area contributed by atoms with Crippen LogP contribution in [0.3, 0.4) is 0 Å². The first-order chi connectivity index (χ1) is 8.97. The maximum atomic E-state index is 13.6. The van der Waals surface area contributed by atoms with E-state index < -0.39 is 0 Å². The molecule has 1 nitrogen and oxygen atoms in total. The van der Waals surface area contributed by atoms with Gasteiger partial charge in [-0.3, -0.25) is 0 Å². The molecule has 0 spiro atoms. The lowest BCUT2D eigenvalue weighted by molar-refractivity contribution is 0.299. The zero-order valence-corrected chi connectivity index (χ0v) is 13.0. The van der Waals surface area contributed by atoms with Gasteiger partial charge in [-0.15, -0.1) is 0 Å². The van der Waals surface area contributed by atoms with Gasteiger partial charge in [0.25, 0.3) is 0 Å². The molecular formula is C15H13BrClFO. The average Bonchev–Trinajstić information content (AvgIpc) is 2.34. The van der Waals surface area contributed by atoms with Crippen LogP contribution >= 0.6 is 27.5 Å². The van der Waals surface area contributed by atoms with E-state index in [-0.39, 0.29) is 12.4 Å². The summed E-state index contributed by atoms with van der Waals surface area (Å²) in [5.74, 6) is 0.415. The maximum Gasteiger partial charge on any atom is 0.130 e. The summed E-state index contributed by atoms with van der Waals surface area (Å²) in [7, 11) is 0. The predicted molar refractivity (Wildman–Crippen MR) is 79.4 cm³/mol. The van der Waals surface area contributed by atoms with Gasteiger partial charge in [-0.1, -0.05) is 33.6 Å². The Morgan fingerprint density at radius 1 is 1.16 bits per heavy atom. The highest BCUT2D eigenvalue weighted by atomic mass is 79.9. The molecule has 0 saturated heterocycles. The van der Waals surface area contributed by atoms with Gasteiger partial charge in [0.2, 0.25) is 0 Å². The Morgan fingerprint density at radius 3 is 2.37 bits per heavy atom. The molecule has 0 aliphatic carbocycles. The van der Waals surface area contributed by atoms with Crippen LogP contribution in [-0.2, 0) is 6.61 Å². The highest BCUT2D eigenvalue weighted by Crippen LogP contribution is 2.26. The summed E-state index contributed by atoms with van der Waals surface area (Å²) in [5, 5.41) is 0.738. The molecule has 2 aromatic carbocycles. The monoisotopic (exact) mass is 342 g/mol. The number of rotatable bonds is 3. The SMILES string of the molecule is Cc1cc(OCc2ccc(Br)cc2F)cc(C)c1Cl. The van der Waals surface area contributed by atoms with E-state index in [0.717, 1.165) is 16.1 Å². The molecule has 0 fully saturated rings. The van der Waals surface area contributed by atoms with Crippen LogP contribution in [0.5, 0.6) is 5.75 Å². The van der Waals surface area contributed by atoms with Crippen LogP contribution in [0.1, 0.15) is 16.7 Å². The van der Waals surface area contributed by atoms with Crippen molar-refractivity contribution in [1.29, 1.82) is 0 Å². The third kappa shape index (κ3) is 3.48. The fourth-order valence-corrected chi connectivity index (χ4v) is 2.23. The predicted octanol–water partition coefficient (Wildman–Crippen LogP) is 5.44. The molecule has 0 unspecified atom stereocenters. The zero-order valence-electron chi connectivity index (χ0n) is 10.6. The van der Waals surface area contributed by atoms with E-state index in [0.29, 0.717) is 15.8 Å². The quantitative estimate of drug-likeness (QED) is 0.721. The lowest BCUT2D eigenvalue weighted by atomic mass is 10.1. The number of halogens is 3. The summed E-state index contributed by atoms with van der Waals surface area (Å²) in [5.41, 5.74) is 2.43. The molecule has 0 N–H and O–H groups in total. The molecule has 100 valence electrons. The molecule has 0 atom stereocenters. The second-order valence-corrected chi connectivity index (χ2v) is 5.69. The Kier molecular flexibility index (Phi) is 4.48. The van der Waals surface area contributed by atoms with E-state index >= 15 is 0 Å². The minimum Gasteiger partial charge on any atom is -0.489 e. The Morgan fingerprint density at radius 2 is 1.79 bits per heavy atom. The Hall–Kier alpha value is -1.06. The van der Waals surface area contributed by atoms with E-state index in [4.69, 9.17) is 16.3 Å². The van der Waals surface area contributed by atoms with Crippen molar-refractivity contribution in [3.8, 4) is 5.75 Å². The number of hydrogen-bond donors (Lipinski definition) is 0. The summed E-state index contributed by atoms with van der Waals surface area (Å²) in [4.78, 5) is 0. The maximum absolute atomic E-state index is 13.6. The third-order valence-electron chi connectivity index (χ3n) is 2.82. The van der Waals surface area contributed by atoms with Crippen molar-refractivity contribution in [3.05, 3.63) is 62.3 Å². The molecule has 2 aromatic rings. The largest absolute Gasteiger partial charge is 0.489 e. The van der Waals surface area contributed by atoms with Crippen LogP contribution < -0.4 is 4.74 Å². The van der Waals surface area contributed by atoms with Gasteiger partial charge in [0.15, 0.2) is 0 Å². The Bertz CT molecular complexity index is 590. The average molecular weight is 344 g/mol. The van der Waals surface area contributed by atoms with Gasteiger partial charge in [0, 0.05) is 15.1 Å². The minimum atomic E-state index is -0.281. The Labute approximate surface area is 125 Å². The molecule has 0 heterocycles. The van der Waals surface area contributed by atoms with Crippen molar-refractivity contribution in [3.63, 3.8) is 0 Å². The normalized spacial score (nSPS) is 10.6. The molecule has 2 rings (SSSR count). The van der Waals surface area contributed by atoms with Crippen molar-refractivity contribution in [1.82, 2.24) is 0 Å². The van der Waals surface area contributed by atoms with Crippen molar-refractivity contribution >= 4 is 27.5 Å². The lowest BCUT2D eigenvalue weighted by Gasteiger charge is -2.10. The molecule has 0 aliphatic rings. The van der Waals surface area contributed by atoms with E-state index in [2.05, 4.69) is 15.9 Å². The summed E-state index contributed by atoms with van der Waals surface area (Å²) in [6.07, 6.45) is 0. The summed E-state index contributed by atoms with van der Waals surface area (Å²) in [6, 6.07) is 8.63. The van der Waals surface area contributed by atoms with Crippen molar-refractivity contribution in [2.24, 2.45) is 0 Å². The number of benzene rings is 2. The summed E-state index contributed by atoms with van der Waals surface area (Å²) in [6.45, 7) is 4.03. The van der Waals surface area contributed by atoms with E-state index in [1.165, 1.54) is 6.07 Å². The first-order valence-electron chi connectivity index (χ1n) is 5.81. The minimum absolute atomic E-state index is 0.194. The Balaban J connectivity index is 2.14. The van der Waals surface area contributed by atoms with Crippen molar-refractivity contribution in [2.45, 2.75) is 20.5 Å². The van der Waals surface area contributed by atoms with Gasteiger partial charge in [-0.05, 0) is 49.2 Å². The van der Waals surface area contributed by atoms with Crippen LogP contribution in [0.2, 0.25) is 5.02 Å². The fourth-order valence-electron chi connectivity index (χ4n) is 1.79. The first-order valence-corrected chi connectivity index (χ1v) is 6.98. The second-order valence-electron chi connectivity index (χ2n) is 4.40. The molecule has 0 bridgehead atoms. The fraction of sp³-hybridized carbons (Fsp3) is 0.200. The molecule has 4 heteroatoms.